The van der Waals surface area contributed by atoms with Gasteiger partial charge in [0, 0.05) is 13.2 Å². The Labute approximate surface area is 102 Å². The summed E-state index contributed by atoms with van der Waals surface area (Å²) in [4.78, 5) is 0. The topological polar surface area (TPSA) is 43.8 Å². The molecule has 1 unspecified atom stereocenters. The number of aryl methyl sites for hydroxylation is 3. The number of aromatic nitrogens is 2. The van der Waals surface area contributed by atoms with E-state index in [-0.39, 0.29) is 6.04 Å². The van der Waals surface area contributed by atoms with E-state index < -0.39 is 0 Å². The van der Waals surface area contributed by atoms with Crippen LogP contribution in [0, 0.1) is 13.8 Å². The second-order valence-corrected chi connectivity index (χ2v) is 4.72. The molecule has 0 fully saturated rings. The van der Waals surface area contributed by atoms with E-state index in [0.29, 0.717) is 0 Å². The monoisotopic (exact) mass is 229 g/mol. The first kappa shape index (κ1) is 11.9. The van der Waals surface area contributed by atoms with Gasteiger partial charge in [0.1, 0.15) is 0 Å². The van der Waals surface area contributed by atoms with Gasteiger partial charge >= 0.3 is 0 Å². The molecule has 0 spiro atoms. The number of nitrogens with zero attached hydrogens (tertiary/aromatic N) is 2. The van der Waals surface area contributed by atoms with E-state index in [1.54, 1.807) is 4.68 Å². The number of hydrogen-bond donors (Lipinski definition) is 1. The molecule has 2 aromatic rings. The van der Waals surface area contributed by atoms with Crippen LogP contribution in [-0.2, 0) is 13.5 Å². The summed E-state index contributed by atoms with van der Waals surface area (Å²) in [5, 5.41) is 4.34. The van der Waals surface area contributed by atoms with E-state index in [4.69, 9.17) is 5.73 Å². The summed E-state index contributed by atoms with van der Waals surface area (Å²) >= 11 is 0. The summed E-state index contributed by atoms with van der Waals surface area (Å²) in [6, 6.07) is 8.51. The normalized spacial score (nSPS) is 12.7. The Bertz CT molecular complexity index is 494. The van der Waals surface area contributed by atoms with Gasteiger partial charge in [0.2, 0.25) is 0 Å². The van der Waals surface area contributed by atoms with Crippen LogP contribution in [0.2, 0.25) is 0 Å². The van der Waals surface area contributed by atoms with E-state index in [1.807, 2.05) is 19.3 Å². The highest BCUT2D eigenvalue weighted by Crippen LogP contribution is 2.16. The zero-order chi connectivity index (χ0) is 12.4. The van der Waals surface area contributed by atoms with Gasteiger partial charge in [-0.15, -0.1) is 0 Å². The van der Waals surface area contributed by atoms with Gasteiger partial charge in [0.25, 0.3) is 0 Å². The molecular formula is C14H19N3. The fourth-order valence-corrected chi connectivity index (χ4v) is 2.18. The predicted octanol–water partition coefficient (Wildman–Crippen LogP) is 2.28. The predicted molar refractivity (Wildman–Crippen MR) is 69.8 cm³/mol. The number of rotatable bonds is 3. The molecule has 1 atom stereocenters. The molecule has 0 aliphatic rings. The lowest BCUT2D eigenvalue weighted by molar-refractivity contribution is 0.657. The Kier molecular flexibility index (Phi) is 3.29. The van der Waals surface area contributed by atoms with Gasteiger partial charge in [-0.3, -0.25) is 4.68 Å². The number of nitrogens with two attached hydrogens (primary N) is 1. The Morgan fingerprint density at radius 1 is 1.24 bits per heavy atom. The lowest BCUT2D eigenvalue weighted by Gasteiger charge is -2.10. The average Bonchev–Trinajstić information content (AvgIpc) is 2.63. The van der Waals surface area contributed by atoms with Crippen molar-refractivity contribution in [3.63, 3.8) is 0 Å². The molecule has 0 aliphatic heterocycles. The lowest BCUT2D eigenvalue weighted by atomic mass is 10.0. The summed E-state index contributed by atoms with van der Waals surface area (Å²) in [6.45, 7) is 4.23. The van der Waals surface area contributed by atoms with Crippen molar-refractivity contribution >= 4 is 0 Å². The van der Waals surface area contributed by atoms with Crippen molar-refractivity contribution in [2.75, 3.05) is 0 Å². The van der Waals surface area contributed by atoms with Gasteiger partial charge in [-0.2, -0.15) is 5.10 Å². The summed E-state index contributed by atoms with van der Waals surface area (Å²) in [7, 11) is 1.91. The number of benzene rings is 1. The minimum absolute atomic E-state index is 0.0302. The molecule has 0 aliphatic carbocycles. The highest BCUT2D eigenvalue weighted by Gasteiger charge is 2.10. The second kappa shape index (κ2) is 4.72. The van der Waals surface area contributed by atoms with Gasteiger partial charge in [-0.25, -0.2) is 0 Å². The zero-order valence-electron chi connectivity index (χ0n) is 10.6. The van der Waals surface area contributed by atoms with Crippen LogP contribution in [0.15, 0.2) is 30.5 Å². The van der Waals surface area contributed by atoms with Crippen LogP contribution in [0.3, 0.4) is 0 Å². The SMILES string of the molecule is Cc1cc(C)cc(CC(N)c2ccn(C)n2)c1. The van der Waals surface area contributed by atoms with Gasteiger partial charge < -0.3 is 5.73 Å². The van der Waals surface area contributed by atoms with Crippen molar-refractivity contribution in [3.05, 3.63) is 52.8 Å². The molecule has 17 heavy (non-hydrogen) atoms. The zero-order valence-corrected chi connectivity index (χ0v) is 10.6. The Morgan fingerprint density at radius 3 is 2.41 bits per heavy atom. The molecule has 1 heterocycles. The molecular weight excluding hydrogens is 210 g/mol. The third kappa shape index (κ3) is 2.94. The molecule has 0 bridgehead atoms. The summed E-state index contributed by atoms with van der Waals surface area (Å²) < 4.78 is 1.79. The molecule has 1 aromatic heterocycles. The minimum Gasteiger partial charge on any atom is -0.322 e. The van der Waals surface area contributed by atoms with Crippen molar-refractivity contribution in [1.29, 1.82) is 0 Å². The maximum Gasteiger partial charge on any atom is 0.0795 e. The largest absolute Gasteiger partial charge is 0.322 e. The van der Waals surface area contributed by atoms with Crippen molar-refractivity contribution in [2.24, 2.45) is 12.8 Å². The molecule has 2 N–H and O–H groups in total. The van der Waals surface area contributed by atoms with Crippen LogP contribution in [0.25, 0.3) is 0 Å². The third-order valence-corrected chi connectivity index (χ3v) is 2.85. The average molecular weight is 229 g/mol. The smallest absolute Gasteiger partial charge is 0.0795 e. The molecule has 0 radical (unpaired) electrons. The third-order valence-electron chi connectivity index (χ3n) is 2.85. The first-order valence-electron chi connectivity index (χ1n) is 5.87. The molecule has 0 saturated carbocycles. The fraction of sp³-hybridized carbons (Fsp3) is 0.357. The molecule has 3 heteroatoms. The second-order valence-electron chi connectivity index (χ2n) is 4.72. The highest BCUT2D eigenvalue weighted by atomic mass is 15.3. The maximum atomic E-state index is 6.16. The van der Waals surface area contributed by atoms with Crippen molar-refractivity contribution < 1.29 is 0 Å². The Hall–Kier alpha value is -1.61. The van der Waals surface area contributed by atoms with Crippen molar-refractivity contribution in [3.8, 4) is 0 Å². The molecule has 90 valence electrons. The first-order chi connectivity index (χ1) is 8.04. The van der Waals surface area contributed by atoms with E-state index in [1.165, 1.54) is 16.7 Å². The Balaban J connectivity index is 2.15. The van der Waals surface area contributed by atoms with Crippen LogP contribution >= 0.6 is 0 Å². The van der Waals surface area contributed by atoms with Crippen LogP contribution in [0.1, 0.15) is 28.4 Å². The van der Waals surface area contributed by atoms with Gasteiger partial charge in [0.05, 0.1) is 11.7 Å². The first-order valence-corrected chi connectivity index (χ1v) is 5.87. The molecule has 0 amide bonds. The quantitative estimate of drug-likeness (QED) is 0.877. The summed E-state index contributed by atoms with van der Waals surface area (Å²) in [5.74, 6) is 0. The van der Waals surface area contributed by atoms with Gasteiger partial charge in [-0.1, -0.05) is 29.3 Å². The molecule has 3 nitrogen and oxygen atoms in total. The van der Waals surface area contributed by atoms with Crippen LogP contribution in [-0.4, -0.2) is 9.78 Å². The standard InChI is InChI=1S/C14H19N3/c1-10-6-11(2)8-12(7-10)9-13(15)14-4-5-17(3)16-14/h4-8,13H,9,15H2,1-3H3. The van der Waals surface area contributed by atoms with Gasteiger partial charge in [0.15, 0.2) is 0 Å². The van der Waals surface area contributed by atoms with E-state index in [9.17, 15) is 0 Å². The maximum absolute atomic E-state index is 6.16. The van der Waals surface area contributed by atoms with E-state index >= 15 is 0 Å². The van der Waals surface area contributed by atoms with E-state index in [0.717, 1.165) is 12.1 Å². The van der Waals surface area contributed by atoms with Crippen LogP contribution in [0.5, 0.6) is 0 Å². The highest BCUT2D eigenvalue weighted by molar-refractivity contribution is 5.29. The molecule has 2 rings (SSSR count). The van der Waals surface area contributed by atoms with Crippen LogP contribution in [0.4, 0.5) is 0 Å². The number of hydrogen-bond acceptors (Lipinski definition) is 2. The lowest BCUT2D eigenvalue weighted by Crippen LogP contribution is -2.14. The summed E-state index contributed by atoms with van der Waals surface area (Å²) in [5.41, 5.74) is 11.0. The van der Waals surface area contributed by atoms with Gasteiger partial charge in [-0.05, 0) is 31.9 Å². The van der Waals surface area contributed by atoms with E-state index in [2.05, 4.69) is 37.1 Å². The fourth-order valence-electron chi connectivity index (χ4n) is 2.18. The Morgan fingerprint density at radius 2 is 1.88 bits per heavy atom. The molecule has 0 saturated heterocycles. The minimum atomic E-state index is -0.0302. The molecule has 1 aromatic carbocycles. The van der Waals surface area contributed by atoms with Crippen molar-refractivity contribution in [2.45, 2.75) is 26.3 Å². The summed E-state index contributed by atoms with van der Waals surface area (Å²) in [6.07, 6.45) is 2.76. The van der Waals surface area contributed by atoms with Crippen molar-refractivity contribution in [1.82, 2.24) is 9.78 Å². The van der Waals surface area contributed by atoms with Crippen LogP contribution < -0.4 is 5.73 Å².